The first-order valence-corrected chi connectivity index (χ1v) is 8.99. The van der Waals surface area contributed by atoms with E-state index in [-0.39, 0.29) is 13.1 Å². The quantitative estimate of drug-likeness (QED) is 0.859. The van der Waals surface area contributed by atoms with Gasteiger partial charge < -0.3 is 5.32 Å². The van der Waals surface area contributed by atoms with Crippen molar-refractivity contribution in [2.75, 3.05) is 17.1 Å². The molecule has 0 aliphatic heterocycles. The van der Waals surface area contributed by atoms with Crippen LogP contribution in [0.2, 0.25) is 5.02 Å². The molecule has 0 aliphatic carbocycles. The summed E-state index contributed by atoms with van der Waals surface area (Å²) in [4.78, 5) is 16.1. The summed E-state index contributed by atoms with van der Waals surface area (Å²) in [5.74, 6) is -0.420. The molecule has 0 bridgehead atoms. The van der Waals surface area contributed by atoms with Crippen molar-refractivity contribution >= 4 is 33.2 Å². The Morgan fingerprint density at radius 1 is 1.22 bits per heavy atom. The Morgan fingerprint density at radius 3 is 2.48 bits per heavy atom. The van der Waals surface area contributed by atoms with Crippen molar-refractivity contribution in [2.24, 2.45) is 0 Å². The maximum atomic E-state index is 12.0. The van der Waals surface area contributed by atoms with Crippen LogP contribution >= 0.6 is 11.6 Å². The van der Waals surface area contributed by atoms with E-state index in [4.69, 9.17) is 11.6 Å². The molecule has 6 nitrogen and oxygen atoms in total. The van der Waals surface area contributed by atoms with Gasteiger partial charge in [-0.2, -0.15) is 0 Å². The number of benzene rings is 1. The SMILES string of the molecule is CS(=O)(=O)N(CC(=O)NCc1ccccn1)c1ccc(Cl)cc1. The monoisotopic (exact) mass is 353 g/mol. The van der Waals surface area contributed by atoms with Crippen LogP contribution in [0.1, 0.15) is 5.69 Å². The molecule has 2 aromatic rings. The Kier molecular flexibility index (Phi) is 5.57. The van der Waals surface area contributed by atoms with Gasteiger partial charge in [-0.05, 0) is 36.4 Å². The lowest BCUT2D eigenvalue weighted by atomic mass is 10.3. The summed E-state index contributed by atoms with van der Waals surface area (Å²) in [6.45, 7) is -0.0782. The number of sulfonamides is 1. The van der Waals surface area contributed by atoms with Crippen LogP contribution in [0.5, 0.6) is 0 Å². The minimum Gasteiger partial charge on any atom is -0.349 e. The van der Waals surface area contributed by atoms with E-state index in [9.17, 15) is 13.2 Å². The smallest absolute Gasteiger partial charge is 0.241 e. The van der Waals surface area contributed by atoms with E-state index in [1.165, 1.54) is 0 Å². The zero-order valence-corrected chi connectivity index (χ0v) is 14.0. The Balaban J connectivity index is 2.06. The number of hydrogen-bond acceptors (Lipinski definition) is 4. The van der Waals surface area contributed by atoms with Crippen LogP contribution in [-0.4, -0.2) is 32.1 Å². The summed E-state index contributed by atoms with van der Waals surface area (Å²) in [5.41, 5.74) is 1.07. The lowest BCUT2D eigenvalue weighted by Crippen LogP contribution is -2.40. The molecular formula is C15H16ClN3O3S. The maximum absolute atomic E-state index is 12.0. The van der Waals surface area contributed by atoms with E-state index in [0.717, 1.165) is 10.6 Å². The number of anilines is 1. The fourth-order valence-corrected chi connectivity index (χ4v) is 2.87. The summed E-state index contributed by atoms with van der Waals surface area (Å²) >= 11 is 5.80. The molecule has 1 heterocycles. The third kappa shape index (κ3) is 5.22. The molecule has 0 saturated carbocycles. The van der Waals surface area contributed by atoms with Crippen molar-refractivity contribution in [3.63, 3.8) is 0 Å². The van der Waals surface area contributed by atoms with Crippen molar-refractivity contribution in [1.82, 2.24) is 10.3 Å². The molecule has 0 saturated heterocycles. The van der Waals surface area contributed by atoms with Gasteiger partial charge in [-0.15, -0.1) is 0 Å². The molecule has 0 radical (unpaired) electrons. The summed E-state index contributed by atoms with van der Waals surface area (Å²) in [7, 11) is -3.60. The number of pyridine rings is 1. The number of halogens is 1. The normalized spacial score (nSPS) is 11.0. The Bertz CT molecular complexity index is 764. The first-order valence-electron chi connectivity index (χ1n) is 6.76. The van der Waals surface area contributed by atoms with Crippen LogP contribution in [0.3, 0.4) is 0 Å². The van der Waals surface area contributed by atoms with Gasteiger partial charge in [0, 0.05) is 11.2 Å². The Labute approximate surface area is 140 Å². The van der Waals surface area contributed by atoms with Crippen molar-refractivity contribution in [3.8, 4) is 0 Å². The van der Waals surface area contributed by atoms with E-state index >= 15 is 0 Å². The Hall–Kier alpha value is -2.12. The minimum absolute atomic E-state index is 0.234. The van der Waals surface area contributed by atoms with Gasteiger partial charge in [0.25, 0.3) is 0 Å². The first-order chi connectivity index (χ1) is 10.9. The van der Waals surface area contributed by atoms with Gasteiger partial charge in [-0.3, -0.25) is 14.1 Å². The van der Waals surface area contributed by atoms with Crippen LogP contribution in [-0.2, 0) is 21.4 Å². The number of nitrogens with one attached hydrogen (secondary N) is 1. The third-order valence-corrected chi connectivity index (χ3v) is 4.39. The lowest BCUT2D eigenvalue weighted by molar-refractivity contribution is -0.119. The van der Waals surface area contributed by atoms with Gasteiger partial charge in [0.15, 0.2) is 0 Å². The van der Waals surface area contributed by atoms with E-state index < -0.39 is 15.9 Å². The van der Waals surface area contributed by atoms with Gasteiger partial charge in [-0.1, -0.05) is 17.7 Å². The number of carbonyl (C=O) groups is 1. The van der Waals surface area contributed by atoms with Crippen LogP contribution in [0.25, 0.3) is 0 Å². The molecule has 1 aromatic carbocycles. The molecule has 8 heteroatoms. The number of carbonyl (C=O) groups excluding carboxylic acids is 1. The van der Waals surface area contributed by atoms with Crippen molar-refractivity contribution in [1.29, 1.82) is 0 Å². The fourth-order valence-electron chi connectivity index (χ4n) is 1.89. The maximum Gasteiger partial charge on any atom is 0.241 e. The molecule has 122 valence electrons. The second-order valence-electron chi connectivity index (χ2n) is 4.84. The number of amides is 1. The molecule has 0 unspecified atom stereocenters. The molecule has 0 fully saturated rings. The summed E-state index contributed by atoms with van der Waals surface area (Å²) in [6.07, 6.45) is 2.67. The minimum atomic E-state index is -3.60. The molecule has 23 heavy (non-hydrogen) atoms. The lowest BCUT2D eigenvalue weighted by Gasteiger charge is -2.21. The second-order valence-corrected chi connectivity index (χ2v) is 7.19. The molecule has 1 amide bonds. The van der Waals surface area contributed by atoms with Crippen molar-refractivity contribution in [2.45, 2.75) is 6.54 Å². The summed E-state index contributed by atoms with van der Waals surface area (Å²) in [5, 5.41) is 3.14. The number of nitrogens with zero attached hydrogens (tertiary/aromatic N) is 2. The highest BCUT2D eigenvalue weighted by Crippen LogP contribution is 2.20. The van der Waals surface area contributed by atoms with Gasteiger partial charge in [0.2, 0.25) is 15.9 Å². The summed E-state index contributed by atoms with van der Waals surface area (Å²) < 4.78 is 24.9. The van der Waals surface area contributed by atoms with Crippen molar-refractivity contribution < 1.29 is 13.2 Å². The van der Waals surface area contributed by atoms with Crippen LogP contribution < -0.4 is 9.62 Å². The molecular weight excluding hydrogens is 338 g/mol. The summed E-state index contributed by atoms with van der Waals surface area (Å²) in [6, 6.07) is 11.6. The van der Waals surface area contributed by atoms with E-state index in [1.54, 1.807) is 42.6 Å². The number of aromatic nitrogens is 1. The molecule has 0 spiro atoms. The third-order valence-electron chi connectivity index (χ3n) is 2.99. The molecule has 2 rings (SSSR count). The Morgan fingerprint density at radius 2 is 1.91 bits per heavy atom. The number of rotatable bonds is 6. The topological polar surface area (TPSA) is 79.4 Å². The highest BCUT2D eigenvalue weighted by atomic mass is 35.5. The predicted molar refractivity (Wildman–Crippen MR) is 89.7 cm³/mol. The molecule has 0 atom stereocenters. The zero-order valence-electron chi connectivity index (χ0n) is 12.4. The average molecular weight is 354 g/mol. The standard InChI is InChI=1S/C15H16ClN3O3S/c1-23(21,22)19(14-7-5-12(16)6-8-14)11-15(20)18-10-13-4-2-3-9-17-13/h2-9H,10-11H2,1H3,(H,18,20). The first kappa shape index (κ1) is 17.2. The van der Waals surface area contributed by atoms with E-state index in [0.29, 0.717) is 16.4 Å². The molecule has 1 N–H and O–H groups in total. The van der Waals surface area contributed by atoms with Crippen LogP contribution in [0, 0.1) is 0 Å². The number of hydrogen-bond donors (Lipinski definition) is 1. The highest BCUT2D eigenvalue weighted by Gasteiger charge is 2.20. The largest absolute Gasteiger partial charge is 0.349 e. The van der Waals surface area contributed by atoms with E-state index in [1.807, 2.05) is 6.07 Å². The van der Waals surface area contributed by atoms with Gasteiger partial charge in [0.1, 0.15) is 6.54 Å². The van der Waals surface area contributed by atoms with Crippen LogP contribution in [0.4, 0.5) is 5.69 Å². The van der Waals surface area contributed by atoms with Crippen LogP contribution in [0.15, 0.2) is 48.7 Å². The van der Waals surface area contributed by atoms with Gasteiger partial charge in [0.05, 0.1) is 24.2 Å². The van der Waals surface area contributed by atoms with Gasteiger partial charge in [-0.25, -0.2) is 8.42 Å². The predicted octanol–water partition coefficient (Wildman–Crippen LogP) is 1.82. The fraction of sp³-hybridized carbons (Fsp3) is 0.200. The molecule has 1 aromatic heterocycles. The van der Waals surface area contributed by atoms with Gasteiger partial charge >= 0.3 is 0 Å². The highest BCUT2D eigenvalue weighted by molar-refractivity contribution is 7.92. The molecule has 0 aliphatic rings. The zero-order chi connectivity index (χ0) is 16.9. The van der Waals surface area contributed by atoms with E-state index in [2.05, 4.69) is 10.3 Å². The second kappa shape index (κ2) is 7.43. The van der Waals surface area contributed by atoms with Crippen molar-refractivity contribution in [3.05, 3.63) is 59.4 Å². The average Bonchev–Trinajstić information content (AvgIpc) is 2.52.